The third-order valence-corrected chi connectivity index (χ3v) is 2.64. The molecule has 0 spiro atoms. The summed E-state index contributed by atoms with van der Waals surface area (Å²) in [6.45, 7) is 5.68. The van der Waals surface area contributed by atoms with E-state index in [4.69, 9.17) is 5.11 Å². The Balaban J connectivity index is 2.12. The van der Waals surface area contributed by atoms with Gasteiger partial charge in [0.05, 0.1) is 0 Å². The van der Waals surface area contributed by atoms with Gasteiger partial charge < -0.3 is 10.0 Å². The van der Waals surface area contributed by atoms with E-state index in [1.807, 2.05) is 6.92 Å². The van der Waals surface area contributed by atoms with Crippen LogP contribution in [0, 0.1) is 17.8 Å². The third-order valence-electron chi connectivity index (χ3n) is 2.64. The fourth-order valence-corrected chi connectivity index (χ4v) is 1.87. The average molecular weight is 181 g/mol. The van der Waals surface area contributed by atoms with Crippen molar-refractivity contribution >= 4 is 0 Å². The second kappa shape index (κ2) is 6.01. The van der Waals surface area contributed by atoms with E-state index in [1.165, 1.54) is 13.0 Å². The maximum atomic E-state index is 8.79. The number of aliphatic hydroxyl groups is 1. The van der Waals surface area contributed by atoms with Crippen LogP contribution >= 0.6 is 0 Å². The molecule has 1 fully saturated rings. The van der Waals surface area contributed by atoms with Crippen LogP contribution in [0.5, 0.6) is 0 Å². The average Bonchev–Trinajstić information content (AvgIpc) is 2.54. The summed E-state index contributed by atoms with van der Waals surface area (Å²) in [5, 5.41) is 8.79. The molecule has 1 atom stereocenters. The van der Waals surface area contributed by atoms with Gasteiger partial charge in [0.1, 0.15) is 0 Å². The SMILES string of the molecule is CC#CCCN1CCC(CCO)C1. The standard InChI is InChI=1S/C11H19NO/c1-2-3-4-7-12-8-5-11(10-12)6-9-13/h11,13H,4-10H2,1H3. The Morgan fingerprint density at radius 1 is 1.54 bits per heavy atom. The molecule has 2 nitrogen and oxygen atoms in total. The van der Waals surface area contributed by atoms with Crippen LogP contribution in [0.15, 0.2) is 0 Å². The van der Waals surface area contributed by atoms with Crippen LogP contribution in [0.3, 0.4) is 0 Å². The summed E-state index contributed by atoms with van der Waals surface area (Å²) in [7, 11) is 0. The van der Waals surface area contributed by atoms with Crippen LogP contribution in [0.25, 0.3) is 0 Å². The van der Waals surface area contributed by atoms with E-state index in [0.717, 1.165) is 31.8 Å². The van der Waals surface area contributed by atoms with Crippen LogP contribution < -0.4 is 0 Å². The highest BCUT2D eigenvalue weighted by molar-refractivity contribution is 4.95. The molecular weight excluding hydrogens is 162 g/mol. The number of rotatable bonds is 4. The van der Waals surface area contributed by atoms with Gasteiger partial charge in [-0.15, -0.1) is 11.8 Å². The Bertz CT molecular complexity index is 192. The predicted molar refractivity (Wildman–Crippen MR) is 54.3 cm³/mol. The first kappa shape index (κ1) is 10.6. The summed E-state index contributed by atoms with van der Waals surface area (Å²) in [5.74, 6) is 6.71. The van der Waals surface area contributed by atoms with Gasteiger partial charge >= 0.3 is 0 Å². The quantitative estimate of drug-likeness (QED) is 0.657. The molecule has 1 N–H and O–H groups in total. The maximum absolute atomic E-state index is 8.79. The van der Waals surface area contributed by atoms with Crippen molar-refractivity contribution in [1.29, 1.82) is 0 Å². The van der Waals surface area contributed by atoms with Gasteiger partial charge in [-0.05, 0) is 32.2 Å². The van der Waals surface area contributed by atoms with E-state index in [0.29, 0.717) is 6.61 Å². The maximum Gasteiger partial charge on any atom is 0.0434 e. The molecule has 0 amide bonds. The molecule has 1 heterocycles. The molecule has 0 bridgehead atoms. The Morgan fingerprint density at radius 2 is 2.38 bits per heavy atom. The van der Waals surface area contributed by atoms with Gasteiger partial charge in [0, 0.05) is 26.1 Å². The fourth-order valence-electron chi connectivity index (χ4n) is 1.87. The number of likely N-dealkylation sites (tertiary alicyclic amines) is 1. The van der Waals surface area contributed by atoms with E-state index in [2.05, 4.69) is 16.7 Å². The summed E-state index contributed by atoms with van der Waals surface area (Å²) in [4.78, 5) is 2.45. The highest BCUT2D eigenvalue weighted by atomic mass is 16.3. The van der Waals surface area contributed by atoms with Crippen LogP contribution in [0.2, 0.25) is 0 Å². The fraction of sp³-hybridized carbons (Fsp3) is 0.818. The highest BCUT2D eigenvalue weighted by Crippen LogP contribution is 2.18. The van der Waals surface area contributed by atoms with Crippen molar-refractivity contribution in [3.63, 3.8) is 0 Å². The molecule has 0 aromatic rings. The topological polar surface area (TPSA) is 23.5 Å². The predicted octanol–water partition coefficient (Wildman–Crippen LogP) is 1.10. The summed E-state index contributed by atoms with van der Waals surface area (Å²) in [6.07, 6.45) is 3.21. The van der Waals surface area contributed by atoms with Gasteiger partial charge in [0.25, 0.3) is 0 Å². The van der Waals surface area contributed by atoms with Crippen molar-refractivity contribution in [2.24, 2.45) is 5.92 Å². The molecule has 0 aromatic heterocycles. The molecule has 1 saturated heterocycles. The van der Waals surface area contributed by atoms with Crippen molar-refractivity contribution in [2.75, 3.05) is 26.2 Å². The van der Waals surface area contributed by atoms with Gasteiger partial charge in [0.15, 0.2) is 0 Å². The van der Waals surface area contributed by atoms with Gasteiger partial charge in [-0.1, -0.05) is 0 Å². The number of hydrogen-bond acceptors (Lipinski definition) is 2. The molecule has 13 heavy (non-hydrogen) atoms. The van der Waals surface area contributed by atoms with Crippen molar-refractivity contribution < 1.29 is 5.11 Å². The van der Waals surface area contributed by atoms with Crippen LogP contribution in [-0.4, -0.2) is 36.2 Å². The summed E-state index contributed by atoms with van der Waals surface area (Å²) >= 11 is 0. The molecular formula is C11H19NO. The minimum absolute atomic E-state index is 0.341. The molecule has 1 aliphatic rings. The number of aliphatic hydroxyl groups excluding tert-OH is 1. The van der Waals surface area contributed by atoms with E-state index in [-0.39, 0.29) is 0 Å². The Morgan fingerprint density at radius 3 is 3.08 bits per heavy atom. The zero-order valence-electron chi connectivity index (χ0n) is 8.42. The minimum Gasteiger partial charge on any atom is -0.396 e. The van der Waals surface area contributed by atoms with Crippen LogP contribution in [0.1, 0.15) is 26.2 Å². The Labute approximate surface area is 80.9 Å². The highest BCUT2D eigenvalue weighted by Gasteiger charge is 2.20. The van der Waals surface area contributed by atoms with Crippen molar-refractivity contribution in [3.8, 4) is 11.8 Å². The third kappa shape index (κ3) is 3.80. The summed E-state index contributed by atoms with van der Waals surface area (Å²) in [5.41, 5.74) is 0. The smallest absolute Gasteiger partial charge is 0.0434 e. The van der Waals surface area contributed by atoms with Gasteiger partial charge in [-0.25, -0.2) is 0 Å². The van der Waals surface area contributed by atoms with Crippen LogP contribution in [-0.2, 0) is 0 Å². The molecule has 0 aliphatic carbocycles. The van der Waals surface area contributed by atoms with E-state index >= 15 is 0 Å². The minimum atomic E-state index is 0.341. The van der Waals surface area contributed by atoms with Crippen molar-refractivity contribution in [3.05, 3.63) is 0 Å². The van der Waals surface area contributed by atoms with Crippen molar-refractivity contribution in [1.82, 2.24) is 4.90 Å². The molecule has 1 aliphatic heterocycles. The lowest BCUT2D eigenvalue weighted by molar-refractivity contribution is 0.252. The lowest BCUT2D eigenvalue weighted by atomic mass is 10.1. The molecule has 2 heteroatoms. The lowest BCUT2D eigenvalue weighted by Gasteiger charge is -2.13. The number of nitrogens with zero attached hydrogens (tertiary/aromatic N) is 1. The molecule has 0 aromatic carbocycles. The zero-order valence-corrected chi connectivity index (χ0v) is 8.42. The first-order chi connectivity index (χ1) is 6.36. The first-order valence-corrected chi connectivity index (χ1v) is 5.09. The molecule has 74 valence electrons. The van der Waals surface area contributed by atoms with Crippen molar-refractivity contribution in [2.45, 2.75) is 26.2 Å². The van der Waals surface area contributed by atoms with E-state index in [1.54, 1.807) is 0 Å². The normalized spacial score (nSPS) is 22.8. The second-order valence-corrected chi connectivity index (χ2v) is 3.64. The largest absolute Gasteiger partial charge is 0.396 e. The molecule has 0 radical (unpaired) electrons. The molecule has 1 rings (SSSR count). The monoisotopic (exact) mass is 181 g/mol. The molecule has 0 saturated carbocycles. The Hall–Kier alpha value is -0.520. The summed E-state index contributed by atoms with van der Waals surface area (Å²) in [6, 6.07) is 0. The Kier molecular flexibility index (Phi) is 4.88. The zero-order chi connectivity index (χ0) is 9.52. The van der Waals surface area contributed by atoms with Gasteiger partial charge in [0.2, 0.25) is 0 Å². The number of hydrogen-bond donors (Lipinski definition) is 1. The first-order valence-electron chi connectivity index (χ1n) is 5.09. The second-order valence-electron chi connectivity index (χ2n) is 3.64. The molecule has 1 unspecified atom stereocenters. The van der Waals surface area contributed by atoms with E-state index < -0.39 is 0 Å². The van der Waals surface area contributed by atoms with Gasteiger partial charge in [-0.3, -0.25) is 0 Å². The summed E-state index contributed by atoms with van der Waals surface area (Å²) < 4.78 is 0. The van der Waals surface area contributed by atoms with E-state index in [9.17, 15) is 0 Å². The van der Waals surface area contributed by atoms with Crippen LogP contribution in [0.4, 0.5) is 0 Å². The lowest BCUT2D eigenvalue weighted by Crippen LogP contribution is -2.21. The van der Waals surface area contributed by atoms with Gasteiger partial charge in [-0.2, -0.15) is 0 Å².